The normalized spacial score (nSPS) is 16.4. The van der Waals surface area contributed by atoms with Gasteiger partial charge < -0.3 is 24.6 Å². The monoisotopic (exact) mass is 456 g/mol. The molecule has 32 heavy (non-hydrogen) atoms. The molecule has 2 heterocycles. The smallest absolute Gasteiger partial charge is 0.294 e. The molecule has 0 unspecified atom stereocenters. The first-order valence-electron chi connectivity index (χ1n) is 9.85. The van der Waals surface area contributed by atoms with E-state index in [9.17, 15) is 19.5 Å². The lowest BCUT2D eigenvalue weighted by molar-refractivity contribution is -0.127. The number of benzene rings is 2. The Morgan fingerprint density at radius 2 is 1.97 bits per heavy atom. The second-order valence-corrected chi connectivity index (χ2v) is 7.83. The maximum atomic E-state index is 12.7. The zero-order valence-electron chi connectivity index (χ0n) is 17.1. The molecule has 0 radical (unpaired) electrons. The Morgan fingerprint density at radius 3 is 2.75 bits per heavy atom. The summed E-state index contributed by atoms with van der Waals surface area (Å²) in [5, 5.41) is 11.9. The molecule has 2 aromatic rings. The van der Waals surface area contributed by atoms with Gasteiger partial charge in [-0.15, -0.1) is 0 Å². The van der Waals surface area contributed by atoms with Crippen molar-refractivity contribution < 1.29 is 33.7 Å². The highest BCUT2D eigenvalue weighted by atomic mass is 32.2. The quantitative estimate of drug-likeness (QED) is 0.637. The summed E-state index contributed by atoms with van der Waals surface area (Å²) in [6, 6.07) is 9.57. The van der Waals surface area contributed by atoms with Crippen molar-refractivity contribution in [1.82, 2.24) is 4.90 Å². The van der Waals surface area contributed by atoms with Gasteiger partial charge in [0.25, 0.3) is 11.1 Å². The minimum absolute atomic E-state index is 0.0204. The Kier molecular flexibility index (Phi) is 6.22. The van der Waals surface area contributed by atoms with E-state index in [2.05, 4.69) is 5.32 Å². The third kappa shape index (κ3) is 4.65. The lowest BCUT2D eigenvalue weighted by Crippen LogP contribution is -2.36. The molecule has 0 aliphatic carbocycles. The number of amides is 3. The first-order chi connectivity index (χ1) is 15.4. The number of ether oxygens (including phenoxy) is 3. The number of carbonyl (C=O) groups is 3. The molecule has 2 aromatic carbocycles. The Labute approximate surface area is 187 Å². The highest BCUT2D eigenvalue weighted by Crippen LogP contribution is 2.35. The van der Waals surface area contributed by atoms with E-state index in [0.717, 1.165) is 16.7 Å². The van der Waals surface area contributed by atoms with Crippen molar-refractivity contribution >= 4 is 40.6 Å². The molecule has 0 spiro atoms. The van der Waals surface area contributed by atoms with E-state index in [0.29, 0.717) is 42.6 Å². The van der Waals surface area contributed by atoms with Crippen molar-refractivity contribution in [2.45, 2.75) is 6.92 Å². The van der Waals surface area contributed by atoms with Crippen molar-refractivity contribution in [1.29, 1.82) is 0 Å². The first-order valence-corrected chi connectivity index (χ1v) is 10.7. The highest BCUT2D eigenvalue weighted by Gasteiger charge is 2.36. The number of thioether (sulfide) groups is 1. The standard InChI is InChI=1S/C22H20N2O7S/c1-2-29-17-9-13(3-5-15(17)25)10-19-21(27)24(22(28)32-19)12-20(26)23-14-4-6-16-18(11-14)31-8-7-30-16/h3-6,9-11,25H,2,7-8,12H2,1H3,(H,23,26)/b19-10+. The van der Waals surface area contributed by atoms with Gasteiger partial charge in [-0.2, -0.15) is 0 Å². The first kappa shape index (κ1) is 21.6. The maximum absolute atomic E-state index is 12.7. The summed E-state index contributed by atoms with van der Waals surface area (Å²) in [7, 11) is 0. The van der Waals surface area contributed by atoms with Gasteiger partial charge in [-0.3, -0.25) is 19.3 Å². The summed E-state index contributed by atoms with van der Waals surface area (Å²) < 4.78 is 16.3. The van der Waals surface area contributed by atoms with E-state index in [4.69, 9.17) is 14.2 Å². The second kappa shape index (κ2) is 9.23. The zero-order chi connectivity index (χ0) is 22.7. The third-order valence-corrected chi connectivity index (χ3v) is 5.49. The fourth-order valence-corrected chi connectivity index (χ4v) is 3.98. The lowest BCUT2D eigenvalue weighted by atomic mass is 10.2. The van der Waals surface area contributed by atoms with Gasteiger partial charge in [-0.1, -0.05) is 6.07 Å². The Bertz CT molecular complexity index is 1120. The lowest BCUT2D eigenvalue weighted by Gasteiger charge is -2.19. The van der Waals surface area contributed by atoms with Gasteiger partial charge in [-0.05, 0) is 54.6 Å². The molecule has 1 saturated heterocycles. The molecule has 0 aromatic heterocycles. The van der Waals surface area contributed by atoms with Crippen LogP contribution in [0.5, 0.6) is 23.0 Å². The summed E-state index contributed by atoms with van der Waals surface area (Å²) in [4.78, 5) is 38.5. The number of carbonyl (C=O) groups excluding carboxylic acids is 3. The average molecular weight is 456 g/mol. The molecular weight excluding hydrogens is 436 g/mol. The van der Waals surface area contributed by atoms with Crippen molar-refractivity contribution in [3.63, 3.8) is 0 Å². The number of fused-ring (bicyclic) bond motifs is 1. The molecule has 10 heteroatoms. The number of nitrogens with one attached hydrogen (secondary N) is 1. The van der Waals surface area contributed by atoms with Crippen LogP contribution in [0, 0.1) is 0 Å². The van der Waals surface area contributed by atoms with Gasteiger partial charge in [-0.25, -0.2) is 0 Å². The summed E-state index contributed by atoms with van der Waals surface area (Å²) >= 11 is 0.746. The molecule has 3 amide bonds. The minimum Gasteiger partial charge on any atom is -0.504 e. The Morgan fingerprint density at radius 1 is 1.19 bits per heavy atom. The number of imide groups is 1. The molecule has 9 nitrogen and oxygen atoms in total. The minimum atomic E-state index is -0.566. The topological polar surface area (TPSA) is 114 Å². The number of phenols is 1. The van der Waals surface area contributed by atoms with Gasteiger partial charge in [0, 0.05) is 11.8 Å². The summed E-state index contributed by atoms with van der Waals surface area (Å²) in [5.74, 6) is 0.277. The molecule has 0 saturated carbocycles. The van der Waals surface area contributed by atoms with E-state index < -0.39 is 23.6 Å². The molecule has 2 aliphatic rings. The summed E-state index contributed by atoms with van der Waals surface area (Å²) in [6.07, 6.45) is 1.52. The van der Waals surface area contributed by atoms with Crippen LogP contribution in [0.4, 0.5) is 10.5 Å². The van der Waals surface area contributed by atoms with E-state index >= 15 is 0 Å². The molecule has 0 atom stereocenters. The fraction of sp³-hybridized carbons (Fsp3) is 0.227. The molecule has 4 rings (SSSR count). The van der Waals surface area contributed by atoms with E-state index in [1.165, 1.54) is 12.1 Å². The van der Waals surface area contributed by atoms with Gasteiger partial charge >= 0.3 is 0 Å². The van der Waals surface area contributed by atoms with Crippen molar-refractivity contribution in [2.24, 2.45) is 0 Å². The van der Waals surface area contributed by atoms with Crippen LogP contribution in [-0.2, 0) is 9.59 Å². The molecule has 0 bridgehead atoms. The molecular formula is C22H20N2O7S. The van der Waals surface area contributed by atoms with Gasteiger partial charge in [0.05, 0.1) is 11.5 Å². The Hall–Kier alpha value is -3.66. The number of rotatable bonds is 6. The predicted molar refractivity (Wildman–Crippen MR) is 118 cm³/mol. The summed E-state index contributed by atoms with van der Waals surface area (Å²) in [6.45, 7) is 2.61. The molecule has 1 fully saturated rings. The Balaban J connectivity index is 1.43. The van der Waals surface area contributed by atoms with Gasteiger partial charge in [0.2, 0.25) is 5.91 Å². The number of aromatic hydroxyl groups is 1. The summed E-state index contributed by atoms with van der Waals surface area (Å²) in [5.41, 5.74) is 1.05. The predicted octanol–water partition coefficient (Wildman–Crippen LogP) is 3.24. The van der Waals surface area contributed by atoms with Crippen LogP contribution in [0.2, 0.25) is 0 Å². The molecule has 166 valence electrons. The number of hydrogen-bond acceptors (Lipinski definition) is 8. The maximum Gasteiger partial charge on any atom is 0.294 e. The number of anilines is 1. The van der Waals surface area contributed by atoms with Gasteiger partial charge in [0.15, 0.2) is 23.0 Å². The van der Waals surface area contributed by atoms with Crippen LogP contribution >= 0.6 is 11.8 Å². The van der Waals surface area contributed by atoms with E-state index in [1.807, 2.05) is 0 Å². The van der Waals surface area contributed by atoms with Crippen molar-refractivity contribution in [2.75, 3.05) is 31.7 Å². The third-order valence-electron chi connectivity index (χ3n) is 4.58. The van der Waals surface area contributed by atoms with E-state index in [1.54, 1.807) is 37.3 Å². The molecule has 2 aliphatic heterocycles. The SMILES string of the molecule is CCOc1cc(/C=C2/SC(=O)N(CC(=O)Nc3ccc4c(c3)OCCO4)C2=O)ccc1O. The van der Waals surface area contributed by atoms with Crippen molar-refractivity contribution in [3.8, 4) is 23.0 Å². The number of hydrogen-bond donors (Lipinski definition) is 2. The second-order valence-electron chi connectivity index (χ2n) is 6.83. The fourth-order valence-electron chi connectivity index (χ4n) is 3.14. The van der Waals surface area contributed by atoms with Crippen molar-refractivity contribution in [3.05, 3.63) is 46.9 Å². The largest absolute Gasteiger partial charge is 0.504 e. The number of nitrogens with zero attached hydrogens (tertiary/aromatic N) is 1. The van der Waals surface area contributed by atoms with Crippen LogP contribution in [-0.4, -0.2) is 53.4 Å². The van der Waals surface area contributed by atoms with Crippen LogP contribution in [0.25, 0.3) is 6.08 Å². The zero-order valence-corrected chi connectivity index (χ0v) is 17.9. The van der Waals surface area contributed by atoms with Crippen LogP contribution < -0.4 is 19.5 Å². The highest BCUT2D eigenvalue weighted by molar-refractivity contribution is 8.18. The van der Waals surface area contributed by atoms with Crippen LogP contribution in [0.15, 0.2) is 41.3 Å². The number of phenolic OH excluding ortho intramolecular Hbond substituents is 1. The van der Waals surface area contributed by atoms with Crippen LogP contribution in [0.1, 0.15) is 12.5 Å². The van der Waals surface area contributed by atoms with E-state index in [-0.39, 0.29) is 16.4 Å². The molecule has 2 N–H and O–H groups in total. The van der Waals surface area contributed by atoms with Gasteiger partial charge in [0.1, 0.15) is 19.8 Å². The van der Waals surface area contributed by atoms with Crippen LogP contribution in [0.3, 0.4) is 0 Å². The average Bonchev–Trinajstić information content (AvgIpc) is 3.03.